The van der Waals surface area contributed by atoms with Gasteiger partial charge in [-0.25, -0.2) is 4.79 Å². The first-order chi connectivity index (χ1) is 10.7. The van der Waals surface area contributed by atoms with Crippen LogP contribution in [0, 0.1) is 29.6 Å². The molecule has 3 nitrogen and oxygen atoms in total. The van der Waals surface area contributed by atoms with E-state index in [1.165, 1.54) is 44.1 Å². The predicted octanol–water partition coefficient (Wildman–Crippen LogP) is 3.67. The van der Waals surface area contributed by atoms with Gasteiger partial charge in [-0.1, -0.05) is 19.3 Å². The molecule has 4 aliphatic rings. The zero-order valence-electron chi connectivity index (χ0n) is 13.5. The molecule has 0 N–H and O–H groups in total. The van der Waals surface area contributed by atoms with Gasteiger partial charge in [0.1, 0.15) is 5.57 Å². The van der Waals surface area contributed by atoms with E-state index in [9.17, 15) is 9.59 Å². The van der Waals surface area contributed by atoms with Crippen LogP contribution in [-0.4, -0.2) is 18.4 Å². The molecule has 22 heavy (non-hydrogen) atoms. The van der Waals surface area contributed by atoms with Crippen molar-refractivity contribution < 1.29 is 14.3 Å². The summed E-state index contributed by atoms with van der Waals surface area (Å²) in [7, 11) is 0. The first-order valence-corrected chi connectivity index (χ1v) is 9.17. The van der Waals surface area contributed by atoms with Crippen LogP contribution in [0.25, 0.3) is 0 Å². The van der Waals surface area contributed by atoms with Crippen LogP contribution in [0.1, 0.15) is 58.3 Å². The van der Waals surface area contributed by atoms with Crippen LogP contribution in [0.4, 0.5) is 0 Å². The molecule has 0 radical (unpaired) electrons. The normalized spacial score (nSPS) is 37.8. The lowest BCUT2D eigenvalue weighted by Gasteiger charge is -2.32. The van der Waals surface area contributed by atoms with Crippen molar-refractivity contribution >= 4 is 11.8 Å². The van der Waals surface area contributed by atoms with E-state index >= 15 is 0 Å². The summed E-state index contributed by atoms with van der Waals surface area (Å²) < 4.78 is 5.26. The highest BCUT2D eigenvalue weighted by Crippen LogP contribution is 2.61. The van der Waals surface area contributed by atoms with E-state index in [1.807, 2.05) is 6.92 Å². The minimum absolute atomic E-state index is 0.120. The summed E-state index contributed by atoms with van der Waals surface area (Å²) >= 11 is 0. The summed E-state index contributed by atoms with van der Waals surface area (Å²) in [5.74, 6) is 1.96. The van der Waals surface area contributed by atoms with E-state index in [0.29, 0.717) is 35.9 Å². The molecule has 0 aromatic heterocycles. The van der Waals surface area contributed by atoms with Crippen molar-refractivity contribution in [3.8, 4) is 0 Å². The van der Waals surface area contributed by atoms with E-state index in [2.05, 4.69) is 0 Å². The third kappa shape index (κ3) is 2.00. The van der Waals surface area contributed by atoms with Crippen molar-refractivity contribution in [3.05, 3.63) is 11.1 Å². The van der Waals surface area contributed by atoms with Crippen LogP contribution in [0.2, 0.25) is 0 Å². The van der Waals surface area contributed by atoms with Crippen molar-refractivity contribution in [1.82, 2.24) is 0 Å². The maximum atomic E-state index is 13.0. The molecule has 4 atom stereocenters. The van der Waals surface area contributed by atoms with Gasteiger partial charge in [-0.3, -0.25) is 4.79 Å². The quantitative estimate of drug-likeness (QED) is 0.590. The van der Waals surface area contributed by atoms with Gasteiger partial charge < -0.3 is 4.74 Å². The highest BCUT2D eigenvalue weighted by Gasteiger charge is 2.59. The number of allylic oxidation sites excluding steroid dienone is 1. The molecule has 0 aromatic rings. The highest BCUT2D eigenvalue weighted by atomic mass is 16.5. The maximum absolute atomic E-state index is 13.0. The number of carbonyl (C=O) groups excluding carboxylic acids is 2. The average Bonchev–Trinajstić information content (AvgIpc) is 3.20. The summed E-state index contributed by atoms with van der Waals surface area (Å²) in [5.41, 5.74) is 1.72. The van der Waals surface area contributed by atoms with E-state index in [1.54, 1.807) is 0 Å². The van der Waals surface area contributed by atoms with Crippen LogP contribution >= 0.6 is 0 Å². The third-order valence-electron chi connectivity index (χ3n) is 6.64. The van der Waals surface area contributed by atoms with Gasteiger partial charge in [0, 0.05) is 5.92 Å². The topological polar surface area (TPSA) is 43.4 Å². The molecule has 2 bridgehead atoms. The number of ether oxygens (including phenoxy) is 1. The molecule has 0 aliphatic heterocycles. The Labute approximate surface area is 132 Å². The number of Topliss-reactive ketones (excluding diaryl/α,β-unsaturated/α-hetero) is 1. The lowest BCUT2D eigenvalue weighted by molar-refractivity contribution is -0.140. The minimum Gasteiger partial charge on any atom is -0.462 e. The summed E-state index contributed by atoms with van der Waals surface area (Å²) in [5, 5.41) is 0. The van der Waals surface area contributed by atoms with E-state index in [-0.39, 0.29) is 17.7 Å². The van der Waals surface area contributed by atoms with Crippen LogP contribution in [-0.2, 0) is 14.3 Å². The molecule has 3 saturated carbocycles. The molecule has 4 rings (SSSR count). The van der Waals surface area contributed by atoms with E-state index in [4.69, 9.17) is 4.74 Å². The van der Waals surface area contributed by atoms with Gasteiger partial charge in [-0.05, 0) is 68.3 Å². The number of hydrogen-bond donors (Lipinski definition) is 0. The summed E-state index contributed by atoms with van der Waals surface area (Å²) in [6.07, 6.45) is 9.75. The Morgan fingerprint density at radius 2 is 1.73 bits per heavy atom. The van der Waals surface area contributed by atoms with Crippen molar-refractivity contribution in [2.24, 2.45) is 29.6 Å². The maximum Gasteiger partial charge on any atom is 0.341 e. The molecule has 4 aliphatic carbocycles. The van der Waals surface area contributed by atoms with Crippen LogP contribution in [0.15, 0.2) is 11.1 Å². The molecule has 3 heteroatoms. The van der Waals surface area contributed by atoms with Gasteiger partial charge in [-0.15, -0.1) is 0 Å². The zero-order chi connectivity index (χ0) is 15.3. The Morgan fingerprint density at radius 3 is 2.41 bits per heavy atom. The standard InChI is InChI=1S/C19H26O3/c1-2-22-19(21)17-14(11-6-4-3-5-7-11)15-12-8-9-13(10-12)16(15)18(17)20/h11-13,15-16H,2-10H2,1H3/t12-,13+,15-,16-/m1/s1. The third-order valence-corrected chi connectivity index (χ3v) is 6.64. The first kappa shape index (κ1) is 14.5. The summed E-state index contributed by atoms with van der Waals surface area (Å²) in [4.78, 5) is 25.5. The molecular weight excluding hydrogens is 276 g/mol. The van der Waals surface area contributed by atoms with Gasteiger partial charge in [0.25, 0.3) is 0 Å². The van der Waals surface area contributed by atoms with Crippen molar-refractivity contribution in [3.63, 3.8) is 0 Å². The Hall–Kier alpha value is -1.12. The Morgan fingerprint density at radius 1 is 1.05 bits per heavy atom. The molecule has 0 spiro atoms. The predicted molar refractivity (Wildman–Crippen MR) is 83.1 cm³/mol. The second-order valence-electron chi connectivity index (χ2n) is 7.63. The fourth-order valence-electron chi connectivity index (χ4n) is 5.90. The van der Waals surface area contributed by atoms with Crippen molar-refractivity contribution in [2.45, 2.75) is 58.3 Å². The van der Waals surface area contributed by atoms with E-state index < -0.39 is 0 Å². The Kier molecular flexibility index (Phi) is 3.62. The first-order valence-electron chi connectivity index (χ1n) is 9.17. The number of hydrogen-bond acceptors (Lipinski definition) is 3. The zero-order valence-corrected chi connectivity index (χ0v) is 13.5. The van der Waals surface area contributed by atoms with Crippen molar-refractivity contribution in [2.75, 3.05) is 6.61 Å². The number of esters is 1. The Bertz CT molecular complexity index is 527. The lowest BCUT2D eigenvalue weighted by atomic mass is 9.72. The van der Waals surface area contributed by atoms with E-state index in [0.717, 1.165) is 12.8 Å². The van der Waals surface area contributed by atoms with Crippen LogP contribution in [0.5, 0.6) is 0 Å². The largest absolute Gasteiger partial charge is 0.462 e. The second kappa shape index (κ2) is 5.50. The molecule has 0 saturated heterocycles. The monoisotopic (exact) mass is 302 g/mol. The molecule has 0 heterocycles. The molecular formula is C19H26O3. The van der Waals surface area contributed by atoms with Gasteiger partial charge in [0.05, 0.1) is 6.61 Å². The second-order valence-corrected chi connectivity index (χ2v) is 7.63. The van der Waals surface area contributed by atoms with Gasteiger partial charge >= 0.3 is 5.97 Å². The molecule has 3 fully saturated rings. The van der Waals surface area contributed by atoms with Crippen LogP contribution in [0.3, 0.4) is 0 Å². The van der Waals surface area contributed by atoms with Crippen molar-refractivity contribution in [1.29, 1.82) is 0 Å². The summed E-state index contributed by atoms with van der Waals surface area (Å²) in [6, 6.07) is 0. The number of carbonyl (C=O) groups is 2. The number of ketones is 1. The van der Waals surface area contributed by atoms with Gasteiger partial charge in [0.15, 0.2) is 5.78 Å². The minimum atomic E-state index is -0.332. The highest BCUT2D eigenvalue weighted by molar-refractivity contribution is 6.21. The SMILES string of the molecule is CCOC(=O)C1=C(C2CCCCC2)[C@H]2[C@@H]3CC[C@@H](C3)[C@H]2C1=O. The molecule has 0 amide bonds. The number of fused-ring (bicyclic) bond motifs is 5. The summed E-state index contributed by atoms with van der Waals surface area (Å²) in [6.45, 7) is 2.18. The fraction of sp³-hybridized carbons (Fsp3) is 0.789. The van der Waals surface area contributed by atoms with Gasteiger partial charge in [0.2, 0.25) is 0 Å². The lowest BCUT2D eigenvalue weighted by Crippen LogP contribution is -2.26. The van der Waals surface area contributed by atoms with Gasteiger partial charge in [-0.2, -0.15) is 0 Å². The molecule has 0 aromatic carbocycles. The average molecular weight is 302 g/mol. The molecule has 120 valence electrons. The molecule has 0 unspecified atom stereocenters. The smallest absolute Gasteiger partial charge is 0.341 e. The fourth-order valence-corrected chi connectivity index (χ4v) is 5.90. The number of rotatable bonds is 3. The Balaban J connectivity index is 1.74. The van der Waals surface area contributed by atoms with Crippen LogP contribution < -0.4 is 0 Å².